The molecule has 1 N–H and O–H groups in total. The zero-order chi connectivity index (χ0) is 30.9. The summed E-state index contributed by atoms with van der Waals surface area (Å²) in [5.41, 5.74) is 3.30. The first-order chi connectivity index (χ1) is 21.8. The molecule has 45 heavy (non-hydrogen) atoms. The first-order valence-corrected chi connectivity index (χ1v) is 15.7. The zero-order valence-electron chi connectivity index (χ0n) is 25.1. The van der Waals surface area contributed by atoms with E-state index < -0.39 is 11.8 Å². The quantitative estimate of drug-likeness (QED) is 0.283. The summed E-state index contributed by atoms with van der Waals surface area (Å²) in [5.74, 6) is 0.750. The molecule has 8 rings (SSSR count). The molecule has 0 amide bonds. The maximum absolute atomic E-state index is 11.9. The van der Waals surface area contributed by atoms with Gasteiger partial charge in [0.25, 0.3) is 5.79 Å². The molecule has 0 unspecified atom stereocenters. The first kappa shape index (κ1) is 28.4. The normalized spacial score (nSPS) is 25.5. The Bertz CT molecular complexity index is 1790. The van der Waals surface area contributed by atoms with E-state index in [2.05, 4.69) is 25.4 Å². The lowest BCUT2D eigenvalue weighted by Crippen LogP contribution is -2.64. The third-order valence-corrected chi connectivity index (χ3v) is 9.87. The fourth-order valence-electron chi connectivity index (χ4n) is 7.06. The van der Waals surface area contributed by atoms with Crippen LogP contribution in [-0.2, 0) is 23.6 Å². The molecule has 11 nitrogen and oxygen atoms in total. The predicted octanol–water partition coefficient (Wildman–Crippen LogP) is 5.08. The second kappa shape index (κ2) is 10.8. The van der Waals surface area contributed by atoms with Crippen LogP contribution in [0.3, 0.4) is 0 Å². The van der Waals surface area contributed by atoms with Gasteiger partial charge in [0, 0.05) is 44.9 Å². The number of ether oxygens (including phenoxy) is 4. The fraction of sp³-hybridized carbons (Fsp3) is 0.424. The highest BCUT2D eigenvalue weighted by Crippen LogP contribution is 2.51. The molecule has 3 aliphatic heterocycles. The van der Waals surface area contributed by atoms with Gasteiger partial charge in [-0.3, -0.25) is 9.88 Å². The van der Waals surface area contributed by atoms with Crippen LogP contribution in [0.1, 0.15) is 48.1 Å². The van der Waals surface area contributed by atoms with Gasteiger partial charge < -0.3 is 33.5 Å². The van der Waals surface area contributed by atoms with Gasteiger partial charge in [0.2, 0.25) is 0 Å². The highest BCUT2D eigenvalue weighted by Gasteiger charge is 2.47. The van der Waals surface area contributed by atoms with E-state index >= 15 is 0 Å². The van der Waals surface area contributed by atoms with E-state index in [0.29, 0.717) is 52.9 Å². The van der Waals surface area contributed by atoms with Gasteiger partial charge in [0.05, 0.1) is 48.1 Å². The van der Waals surface area contributed by atoms with Crippen molar-refractivity contribution in [3.05, 3.63) is 70.8 Å². The molecular weight excluding hydrogens is 598 g/mol. The smallest absolute Gasteiger partial charge is 0.335 e. The van der Waals surface area contributed by atoms with Crippen LogP contribution in [0.15, 0.2) is 48.7 Å². The van der Waals surface area contributed by atoms with Crippen molar-refractivity contribution in [3.8, 4) is 17.2 Å². The van der Waals surface area contributed by atoms with Gasteiger partial charge in [-0.15, -0.1) is 0 Å². The van der Waals surface area contributed by atoms with E-state index in [1.807, 2.05) is 25.1 Å². The lowest BCUT2D eigenvalue weighted by Gasteiger charge is -2.54. The number of hydrogen-bond donors (Lipinski definition) is 1. The Balaban J connectivity index is 1.06. The predicted molar refractivity (Wildman–Crippen MR) is 166 cm³/mol. The summed E-state index contributed by atoms with van der Waals surface area (Å²) < 4.78 is 26.4. The van der Waals surface area contributed by atoms with Crippen molar-refractivity contribution in [1.29, 1.82) is 0 Å². The standard InChI is InChI=1S/C33H34ClN5O6/c1-33(28-9-6-20(34)16-35-28)44-26-5-3-4-24(31(26)45-33)38-12-11-37(22-7-8-23(22)38)18-29-36-30-25(39(29)17-21-10-13-43-21)14-19(32(40)41)15-27(30)42-2/h3-6,9,14-16,21-23H,7-8,10-13,17-18H2,1-2H3,(H,40,41)/t21-,22+,23+,33-/m0/s1. The molecule has 4 aliphatic rings. The van der Waals surface area contributed by atoms with Gasteiger partial charge >= 0.3 is 5.97 Å². The highest BCUT2D eigenvalue weighted by molar-refractivity contribution is 6.30. The fourth-order valence-corrected chi connectivity index (χ4v) is 7.17. The molecule has 12 heteroatoms. The average molecular weight is 632 g/mol. The zero-order valence-corrected chi connectivity index (χ0v) is 25.9. The lowest BCUT2D eigenvalue weighted by atomic mass is 9.81. The number of pyridine rings is 1. The summed E-state index contributed by atoms with van der Waals surface area (Å²) in [7, 11) is 1.55. The van der Waals surface area contributed by atoms with Crippen molar-refractivity contribution in [2.75, 3.05) is 31.7 Å². The van der Waals surface area contributed by atoms with Crippen LogP contribution in [0, 0.1) is 0 Å². The molecule has 3 fully saturated rings. The number of hydrogen-bond acceptors (Lipinski definition) is 9. The van der Waals surface area contributed by atoms with Crippen LogP contribution in [-0.4, -0.2) is 75.5 Å². The minimum Gasteiger partial charge on any atom is -0.494 e. The van der Waals surface area contributed by atoms with E-state index in [-0.39, 0.29) is 11.7 Å². The van der Waals surface area contributed by atoms with Crippen LogP contribution in [0.4, 0.5) is 5.69 Å². The molecule has 5 heterocycles. The van der Waals surface area contributed by atoms with Gasteiger partial charge in [-0.25, -0.2) is 9.78 Å². The summed E-state index contributed by atoms with van der Waals surface area (Å²) in [4.78, 5) is 26.4. The van der Waals surface area contributed by atoms with Crippen LogP contribution < -0.4 is 19.1 Å². The van der Waals surface area contributed by atoms with E-state index in [0.717, 1.165) is 61.7 Å². The third kappa shape index (κ3) is 4.76. The van der Waals surface area contributed by atoms with Gasteiger partial charge in [-0.2, -0.15) is 0 Å². The van der Waals surface area contributed by atoms with E-state index in [4.69, 9.17) is 35.5 Å². The maximum Gasteiger partial charge on any atom is 0.335 e. The molecule has 1 saturated carbocycles. The lowest BCUT2D eigenvalue weighted by molar-refractivity contribution is -0.0717. The number of anilines is 1. The number of aromatic carboxylic acids is 1. The summed E-state index contributed by atoms with van der Waals surface area (Å²) in [6, 6.07) is 13.6. The minimum absolute atomic E-state index is 0.0880. The Morgan fingerprint density at radius 1 is 1.13 bits per heavy atom. The Kier molecular flexibility index (Phi) is 6.81. The molecular formula is C33H34ClN5O6. The third-order valence-electron chi connectivity index (χ3n) is 9.65. The second-order valence-electron chi connectivity index (χ2n) is 12.3. The number of benzene rings is 2. The number of nitrogens with zero attached hydrogens (tertiary/aromatic N) is 5. The SMILES string of the molecule is COc1cc(C(=O)O)cc2c1nc(CN1CCN(c3cccc4c3O[C@@](C)(c3ccc(Cl)cn3)O4)[C@@H]3CC[C@H]31)n2C[C@@H]1CCO1. The summed E-state index contributed by atoms with van der Waals surface area (Å²) >= 11 is 6.08. The molecule has 1 aliphatic carbocycles. The number of imidazole rings is 1. The first-order valence-electron chi connectivity index (χ1n) is 15.4. The molecule has 0 spiro atoms. The maximum atomic E-state index is 11.9. The van der Waals surface area contributed by atoms with Crippen molar-refractivity contribution in [1.82, 2.24) is 19.4 Å². The summed E-state index contributed by atoms with van der Waals surface area (Å²) in [6.07, 6.45) is 4.82. The average Bonchev–Trinajstić information content (AvgIpc) is 3.52. The van der Waals surface area contributed by atoms with E-state index in [1.54, 1.807) is 31.5 Å². The number of carboxylic acid groups (broad SMARTS) is 1. The Morgan fingerprint density at radius 3 is 2.67 bits per heavy atom. The number of aromatic nitrogens is 3. The van der Waals surface area contributed by atoms with Gasteiger partial charge in [0.1, 0.15) is 22.8 Å². The molecule has 4 aromatic rings. The molecule has 4 atom stereocenters. The number of piperazine rings is 1. The molecule has 2 aromatic heterocycles. The topological polar surface area (TPSA) is 111 Å². The number of halogens is 1. The summed E-state index contributed by atoms with van der Waals surface area (Å²) in [6.45, 7) is 5.55. The number of fused-ring (bicyclic) bond motifs is 3. The van der Waals surface area contributed by atoms with Crippen LogP contribution in [0.25, 0.3) is 11.0 Å². The van der Waals surface area contributed by atoms with Crippen LogP contribution in [0.5, 0.6) is 17.2 Å². The van der Waals surface area contributed by atoms with Gasteiger partial charge in [0.15, 0.2) is 11.5 Å². The Labute approximate surface area is 265 Å². The van der Waals surface area contributed by atoms with E-state index in [1.165, 1.54) is 0 Å². The molecule has 234 valence electrons. The van der Waals surface area contributed by atoms with Crippen molar-refractivity contribution < 1.29 is 28.8 Å². The summed E-state index contributed by atoms with van der Waals surface area (Å²) in [5, 5.41) is 10.3. The number of rotatable bonds is 8. The Morgan fingerprint density at radius 2 is 1.98 bits per heavy atom. The number of methoxy groups -OCH3 is 1. The minimum atomic E-state index is -1.05. The number of carbonyl (C=O) groups is 1. The molecule has 0 bridgehead atoms. The number of carboxylic acids is 1. The van der Waals surface area contributed by atoms with Crippen molar-refractivity contribution in [2.24, 2.45) is 0 Å². The van der Waals surface area contributed by atoms with Crippen molar-refractivity contribution in [2.45, 2.75) is 63.3 Å². The molecule has 0 radical (unpaired) electrons. The van der Waals surface area contributed by atoms with Gasteiger partial charge in [-0.1, -0.05) is 17.7 Å². The van der Waals surface area contributed by atoms with Crippen molar-refractivity contribution >= 4 is 34.3 Å². The van der Waals surface area contributed by atoms with E-state index in [9.17, 15) is 9.90 Å². The highest BCUT2D eigenvalue weighted by atomic mass is 35.5. The van der Waals surface area contributed by atoms with Crippen molar-refractivity contribution in [3.63, 3.8) is 0 Å². The van der Waals surface area contributed by atoms with Crippen LogP contribution >= 0.6 is 11.6 Å². The van der Waals surface area contributed by atoms with Crippen LogP contribution in [0.2, 0.25) is 5.02 Å². The second-order valence-corrected chi connectivity index (χ2v) is 12.7. The Hall–Kier alpha value is -4.06. The molecule has 2 aromatic carbocycles. The molecule has 2 saturated heterocycles. The largest absolute Gasteiger partial charge is 0.494 e. The van der Waals surface area contributed by atoms with Gasteiger partial charge in [-0.05, 0) is 55.7 Å². The monoisotopic (exact) mass is 631 g/mol. The number of para-hydroxylation sites is 1.